The Bertz CT molecular complexity index is 1330. The maximum Gasteiger partial charge on any atom is 0.343 e. The van der Waals surface area contributed by atoms with E-state index in [1.807, 2.05) is 73.7 Å². The van der Waals surface area contributed by atoms with Crippen LogP contribution in [0.25, 0.3) is 11.1 Å². The fourth-order valence-corrected chi connectivity index (χ4v) is 3.35. The van der Waals surface area contributed by atoms with Crippen LogP contribution in [0.3, 0.4) is 0 Å². The summed E-state index contributed by atoms with van der Waals surface area (Å²) in [6.45, 7) is 3.61. The van der Waals surface area contributed by atoms with E-state index in [0.717, 1.165) is 22.3 Å². The van der Waals surface area contributed by atoms with E-state index in [9.17, 15) is 9.59 Å². The summed E-state index contributed by atoms with van der Waals surface area (Å²) in [5.41, 5.74) is 6.95. The van der Waals surface area contributed by atoms with Crippen molar-refractivity contribution in [3.63, 3.8) is 0 Å². The number of nitrogens with one attached hydrogen (secondary N) is 1. The van der Waals surface area contributed by atoms with Crippen molar-refractivity contribution in [2.24, 2.45) is 5.10 Å². The van der Waals surface area contributed by atoms with Gasteiger partial charge in [-0.25, -0.2) is 10.2 Å². The smallest absolute Gasteiger partial charge is 0.343 e. The van der Waals surface area contributed by atoms with Gasteiger partial charge in [0.15, 0.2) is 6.10 Å². The molecule has 0 spiro atoms. The highest BCUT2D eigenvalue weighted by atomic mass is 16.5. The molecule has 6 nitrogen and oxygen atoms in total. The summed E-state index contributed by atoms with van der Waals surface area (Å²) in [5.74, 6) is 0.216. The van der Waals surface area contributed by atoms with Crippen molar-refractivity contribution in [3.05, 3.63) is 120 Å². The van der Waals surface area contributed by atoms with Gasteiger partial charge in [-0.3, -0.25) is 4.79 Å². The molecule has 0 radical (unpaired) electrons. The van der Waals surface area contributed by atoms with E-state index in [-0.39, 0.29) is 5.91 Å². The van der Waals surface area contributed by atoms with E-state index in [4.69, 9.17) is 9.47 Å². The summed E-state index contributed by atoms with van der Waals surface area (Å²) in [7, 11) is 0. The second-order valence-electron chi connectivity index (χ2n) is 8.21. The van der Waals surface area contributed by atoms with E-state index < -0.39 is 12.1 Å². The minimum atomic E-state index is -0.728. The van der Waals surface area contributed by atoms with Crippen molar-refractivity contribution in [1.82, 2.24) is 5.43 Å². The first-order valence-corrected chi connectivity index (χ1v) is 11.5. The lowest BCUT2D eigenvalue weighted by Crippen LogP contribution is -2.33. The van der Waals surface area contributed by atoms with Crippen LogP contribution in [0.4, 0.5) is 0 Å². The van der Waals surface area contributed by atoms with Crippen LogP contribution >= 0.6 is 0 Å². The van der Waals surface area contributed by atoms with Gasteiger partial charge in [0.2, 0.25) is 0 Å². The standard InChI is InChI=1S/C30H26N2O4/c1-21-8-12-26(13-9-21)30(34)36-28-16-10-23(11-17-28)20-31-32-29(33)22(2)35-27-18-14-25(15-19-27)24-6-4-3-5-7-24/h3-20,22H,1-2H3,(H,32,33)/b31-20+. The summed E-state index contributed by atoms with van der Waals surface area (Å²) in [6.07, 6.45) is 0.776. The van der Waals surface area contributed by atoms with Crippen LogP contribution in [0.1, 0.15) is 28.4 Å². The van der Waals surface area contributed by atoms with Gasteiger partial charge >= 0.3 is 5.97 Å². The zero-order valence-electron chi connectivity index (χ0n) is 20.0. The lowest BCUT2D eigenvalue weighted by molar-refractivity contribution is -0.127. The van der Waals surface area contributed by atoms with Gasteiger partial charge in [0.1, 0.15) is 11.5 Å². The quantitative estimate of drug-likeness (QED) is 0.150. The molecule has 1 atom stereocenters. The molecule has 4 rings (SSSR count). The first-order chi connectivity index (χ1) is 17.5. The molecule has 0 aliphatic heterocycles. The summed E-state index contributed by atoms with van der Waals surface area (Å²) < 4.78 is 11.1. The number of benzene rings is 4. The molecule has 6 heteroatoms. The normalized spacial score (nSPS) is 11.6. The third-order valence-electron chi connectivity index (χ3n) is 5.41. The molecule has 180 valence electrons. The lowest BCUT2D eigenvalue weighted by Gasteiger charge is -2.13. The summed E-state index contributed by atoms with van der Waals surface area (Å²) >= 11 is 0. The highest BCUT2D eigenvalue weighted by Gasteiger charge is 2.14. The highest BCUT2D eigenvalue weighted by molar-refractivity contribution is 5.91. The Hall–Kier alpha value is -4.71. The van der Waals surface area contributed by atoms with E-state index in [2.05, 4.69) is 10.5 Å². The van der Waals surface area contributed by atoms with Crippen molar-refractivity contribution in [3.8, 4) is 22.6 Å². The minimum Gasteiger partial charge on any atom is -0.481 e. The van der Waals surface area contributed by atoms with Gasteiger partial charge in [-0.15, -0.1) is 0 Å². The number of ether oxygens (including phenoxy) is 2. The predicted molar refractivity (Wildman–Crippen MR) is 140 cm³/mol. The Morgan fingerprint density at radius 1 is 0.778 bits per heavy atom. The van der Waals surface area contributed by atoms with E-state index in [1.165, 1.54) is 6.21 Å². The third-order valence-corrected chi connectivity index (χ3v) is 5.41. The van der Waals surface area contributed by atoms with Crippen molar-refractivity contribution in [1.29, 1.82) is 0 Å². The number of carbonyl (C=O) groups is 2. The number of amides is 1. The number of hydrazone groups is 1. The van der Waals surface area contributed by atoms with Crippen LogP contribution in [0.2, 0.25) is 0 Å². The van der Waals surface area contributed by atoms with Crippen LogP contribution in [0.5, 0.6) is 11.5 Å². The maximum atomic E-state index is 12.3. The molecule has 0 aliphatic carbocycles. The van der Waals surface area contributed by atoms with Gasteiger partial charge in [0.25, 0.3) is 5.91 Å². The number of aryl methyl sites for hydroxylation is 1. The van der Waals surface area contributed by atoms with E-state index >= 15 is 0 Å². The zero-order valence-corrected chi connectivity index (χ0v) is 20.0. The highest BCUT2D eigenvalue weighted by Crippen LogP contribution is 2.22. The molecule has 0 saturated heterocycles. The van der Waals surface area contributed by atoms with Crippen molar-refractivity contribution in [2.45, 2.75) is 20.0 Å². The predicted octanol–water partition coefficient (Wildman–Crippen LogP) is 5.80. The van der Waals surface area contributed by atoms with Crippen LogP contribution in [0.15, 0.2) is 108 Å². The topological polar surface area (TPSA) is 77.0 Å². The van der Waals surface area contributed by atoms with Crippen molar-refractivity contribution < 1.29 is 19.1 Å². The molecule has 0 fully saturated rings. The maximum absolute atomic E-state index is 12.3. The molecule has 0 aromatic heterocycles. The van der Waals surface area contributed by atoms with Crippen molar-refractivity contribution in [2.75, 3.05) is 0 Å². The number of nitrogens with zero attached hydrogens (tertiary/aromatic N) is 1. The summed E-state index contributed by atoms with van der Waals surface area (Å²) in [4.78, 5) is 24.6. The molecule has 0 heterocycles. The fraction of sp³-hybridized carbons (Fsp3) is 0.100. The van der Waals surface area contributed by atoms with E-state index in [1.54, 1.807) is 43.3 Å². The SMILES string of the molecule is Cc1ccc(C(=O)Oc2ccc(/C=N/NC(=O)C(C)Oc3ccc(-c4ccccc4)cc3)cc2)cc1. The Labute approximate surface area is 210 Å². The first-order valence-electron chi connectivity index (χ1n) is 11.5. The average molecular weight is 479 g/mol. The number of rotatable bonds is 8. The number of hydrogen-bond donors (Lipinski definition) is 1. The Morgan fingerprint density at radius 3 is 2.06 bits per heavy atom. The van der Waals surface area contributed by atoms with Crippen LogP contribution in [0, 0.1) is 6.92 Å². The van der Waals surface area contributed by atoms with Gasteiger partial charge < -0.3 is 9.47 Å². The summed E-state index contributed by atoms with van der Waals surface area (Å²) in [6, 6.07) is 31.6. The Balaban J connectivity index is 1.25. The van der Waals surface area contributed by atoms with Gasteiger partial charge in [0.05, 0.1) is 11.8 Å². The molecule has 4 aromatic carbocycles. The molecule has 36 heavy (non-hydrogen) atoms. The van der Waals surface area contributed by atoms with Crippen molar-refractivity contribution >= 4 is 18.1 Å². The zero-order chi connectivity index (χ0) is 25.3. The number of carbonyl (C=O) groups excluding carboxylic acids is 2. The molecule has 1 unspecified atom stereocenters. The second kappa shape index (κ2) is 11.6. The molecular weight excluding hydrogens is 452 g/mol. The molecule has 0 aliphatic rings. The van der Waals surface area contributed by atoms with E-state index in [0.29, 0.717) is 17.1 Å². The molecule has 0 bridgehead atoms. The fourth-order valence-electron chi connectivity index (χ4n) is 3.35. The summed E-state index contributed by atoms with van der Waals surface area (Å²) in [5, 5.41) is 3.99. The number of hydrogen-bond acceptors (Lipinski definition) is 5. The van der Waals surface area contributed by atoms with Crippen LogP contribution in [-0.4, -0.2) is 24.2 Å². The lowest BCUT2D eigenvalue weighted by atomic mass is 10.1. The Morgan fingerprint density at radius 2 is 1.39 bits per heavy atom. The molecule has 0 saturated carbocycles. The van der Waals surface area contributed by atoms with Gasteiger partial charge in [-0.05, 0) is 79.1 Å². The monoisotopic (exact) mass is 478 g/mol. The molecule has 1 amide bonds. The van der Waals surface area contributed by atoms with Crippen LogP contribution < -0.4 is 14.9 Å². The second-order valence-corrected chi connectivity index (χ2v) is 8.21. The molecule has 4 aromatic rings. The number of esters is 1. The van der Waals surface area contributed by atoms with Crippen LogP contribution in [-0.2, 0) is 4.79 Å². The third kappa shape index (κ3) is 6.67. The van der Waals surface area contributed by atoms with Gasteiger partial charge in [-0.2, -0.15) is 5.10 Å². The molecular formula is C30H26N2O4. The van der Waals surface area contributed by atoms with Gasteiger partial charge in [-0.1, -0.05) is 60.2 Å². The first kappa shape index (κ1) is 24.4. The Kier molecular flexibility index (Phi) is 7.88. The van der Waals surface area contributed by atoms with Gasteiger partial charge in [0, 0.05) is 0 Å². The average Bonchev–Trinajstić information content (AvgIpc) is 2.91. The molecule has 1 N–H and O–H groups in total. The largest absolute Gasteiger partial charge is 0.481 e. The minimum absolute atomic E-state index is 0.373.